The predicted molar refractivity (Wildman–Crippen MR) is 84.1 cm³/mol. The van der Waals surface area contributed by atoms with Gasteiger partial charge in [-0.1, -0.05) is 0 Å². The normalized spacial score (nSPS) is 16.6. The summed E-state index contributed by atoms with van der Waals surface area (Å²) in [5.41, 5.74) is 6.76. The van der Waals surface area contributed by atoms with Gasteiger partial charge in [-0.2, -0.15) is 0 Å². The Labute approximate surface area is 123 Å². The van der Waals surface area contributed by atoms with Gasteiger partial charge in [-0.15, -0.1) is 11.3 Å². The van der Waals surface area contributed by atoms with Gasteiger partial charge in [0, 0.05) is 24.2 Å². The lowest BCUT2D eigenvalue weighted by molar-refractivity contribution is 0.411. The van der Waals surface area contributed by atoms with Crippen molar-refractivity contribution in [2.75, 3.05) is 24.5 Å². The van der Waals surface area contributed by atoms with Crippen LogP contribution in [0.25, 0.3) is 10.6 Å². The maximum atomic E-state index is 5.74. The van der Waals surface area contributed by atoms with E-state index in [1.165, 1.54) is 9.75 Å². The quantitative estimate of drug-likeness (QED) is 0.943. The molecule has 0 radical (unpaired) electrons. The smallest absolute Gasteiger partial charge is 0.225 e. The first-order chi connectivity index (χ1) is 9.76. The molecule has 106 valence electrons. The number of piperidine rings is 1. The molecule has 0 aromatic carbocycles. The first-order valence-corrected chi connectivity index (χ1v) is 7.93. The van der Waals surface area contributed by atoms with Gasteiger partial charge in [0.05, 0.1) is 10.6 Å². The van der Waals surface area contributed by atoms with Crippen molar-refractivity contribution in [2.45, 2.75) is 19.8 Å². The number of hydrogen-bond acceptors (Lipinski definition) is 5. The van der Waals surface area contributed by atoms with Crippen molar-refractivity contribution >= 4 is 17.3 Å². The molecule has 5 heteroatoms. The van der Waals surface area contributed by atoms with Gasteiger partial charge in [-0.25, -0.2) is 9.97 Å². The third kappa shape index (κ3) is 2.83. The Kier molecular flexibility index (Phi) is 3.98. The van der Waals surface area contributed by atoms with E-state index in [-0.39, 0.29) is 0 Å². The molecule has 1 fully saturated rings. The summed E-state index contributed by atoms with van der Waals surface area (Å²) in [6, 6.07) is 6.25. The van der Waals surface area contributed by atoms with E-state index in [1.807, 2.05) is 12.3 Å². The summed E-state index contributed by atoms with van der Waals surface area (Å²) in [4.78, 5) is 14.0. The Balaban J connectivity index is 1.78. The summed E-state index contributed by atoms with van der Waals surface area (Å²) in [7, 11) is 0. The molecule has 4 nitrogen and oxygen atoms in total. The highest BCUT2D eigenvalue weighted by Crippen LogP contribution is 2.27. The number of aromatic nitrogens is 2. The molecule has 0 atom stereocenters. The van der Waals surface area contributed by atoms with Crippen molar-refractivity contribution in [1.29, 1.82) is 0 Å². The second kappa shape index (κ2) is 5.89. The van der Waals surface area contributed by atoms with E-state index in [0.717, 1.165) is 44.1 Å². The average Bonchev–Trinajstić information content (AvgIpc) is 2.94. The molecule has 3 rings (SSSR count). The van der Waals surface area contributed by atoms with Crippen LogP contribution in [0.5, 0.6) is 0 Å². The third-order valence-corrected chi connectivity index (χ3v) is 4.89. The highest BCUT2D eigenvalue weighted by molar-refractivity contribution is 7.15. The molecule has 20 heavy (non-hydrogen) atoms. The van der Waals surface area contributed by atoms with Gasteiger partial charge >= 0.3 is 0 Å². The zero-order valence-corrected chi connectivity index (χ0v) is 12.6. The molecule has 2 aromatic rings. The molecule has 1 saturated heterocycles. The SMILES string of the molecule is Cc1ccc(-c2ccnc(N3CCC(CN)CC3)n2)s1. The van der Waals surface area contributed by atoms with E-state index >= 15 is 0 Å². The predicted octanol–water partition coefficient (Wildman–Crippen LogP) is 2.69. The summed E-state index contributed by atoms with van der Waals surface area (Å²) in [5, 5.41) is 0. The number of thiophene rings is 1. The molecule has 2 aromatic heterocycles. The molecular weight excluding hydrogens is 268 g/mol. The lowest BCUT2D eigenvalue weighted by Gasteiger charge is -2.31. The Morgan fingerprint density at radius 2 is 2.10 bits per heavy atom. The number of nitrogens with zero attached hydrogens (tertiary/aromatic N) is 3. The van der Waals surface area contributed by atoms with Crippen LogP contribution in [0.1, 0.15) is 17.7 Å². The lowest BCUT2D eigenvalue weighted by Crippen LogP contribution is -2.37. The van der Waals surface area contributed by atoms with Crippen LogP contribution < -0.4 is 10.6 Å². The fourth-order valence-corrected chi connectivity index (χ4v) is 3.42. The van der Waals surface area contributed by atoms with Crippen molar-refractivity contribution in [3.63, 3.8) is 0 Å². The monoisotopic (exact) mass is 288 g/mol. The first-order valence-electron chi connectivity index (χ1n) is 7.11. The molecule has 1 aliphatic heterocycles. The Bertz CT molecular complexity index is 573. The molecule has 1 aliphatic rings. The number of rotatable bonds is 3. The standard InChI is InChI=1S/C15H20N4S/c1-11-2-3-14(20-11)13-4-7-17-15(18-13)19-8-5-12(10-16)6-9-19/h2-4,7,12H,5-6,8-10,16H2,1H3. The molecule has 0 aliphatic carbocycles. The molecule has 0 bridgehead atoms. The molecule has 3 heterocycles. The first kappa shape index (κ1) is 13.5. The summed E-state index contributed by atoms with van der Waals surface area (Å²) >= 11 is 1.77. The van der Waals surface area contributed by atoms with E-state index in [1.54, 1.807) is 11.3 Å². The average molecular weight is 288 g/mol. The van der Waals surface area contributed by atoms with Gasteiger partial charge < -0.3 is 10.6 Å². The number of nitrogens with two attached hydrogens (primary N) is 1. The van der Waals surface area contributed by atoms with E-state index < -0.39 is 0 Å². The van der Waals surface area contributed by atoms with Crippen LogP contribution in [-0.2, 0) is 0 Å². The van der Waals surface area contributed by atoms with E-state index in [4.69, 9.17) is 10.7 Å². The van der Waals surface area contributed by atoms with Gasteiger partial charge in [-0.3, -0.25) is 0 Å². The molecule has 2 N–H and O–H groups in total. The number of aryl methyl sites for hydroxylation is 1. The summed E-state index contributed by atoms with van der Waals surface area (Å²) in [6.45, 7) is 4.93. The maximum Gasteiger partial charge on any atom is 0.225 e. The summed E-state index contributed by atoms with van der Waals surface area (Å²) in [5.74, 6) is 1.51. The molecule has 0 amide bonds. The van der Waals surface area contributed by atoms with Gasteiger partial charge in [0.1, 0.15) is 0 Å². The second-order valence-electron chi connectivity index (χ2n) is 5.32. The highest BCUT2D eigenvalue weighted by atomic mass is 32.1. The third-order valence-electron chi connectivity index (χ3n) is 3.87. The van der Waals surface area contributed by atoms with Crippen LogP contribution in [0.4, 0.5) is 5.95 Å². The number of hydrogen-bond donors (Lipinski definition) is 1. The van der Waals surface area contributed by atoms with E-state index in [9.17, 15) is 0 Å². The van der Waals surface area contributed by atoms with Gasteiger partial charge in [0.2, 0.25) is 5.95 Å². The van der Waals surface area contributed by atoms with Gasteiger partial charge in [0.25, 0.3) is 0 Å². The molecule has 0 spiro atoms. The highest BCUT2D eigenvalue weighted by Gasteiger charge is 2.20. The Morgan fingerprint density at radius 1 is 1.30 bits per heavy atom. The Morgan fingerprint density at radius 3 is 2.75 bits per heavy atom. The van der Waals surface area contributed by atoms with Crippen LogP contribution in [0.2, 0.25) is 0 Å². The summed E-state index contributed by atoms with van der Waals surface area (Å²) in [6.07, 6.45) is 4.14. The second-order valence-corrected chi connectivity index (χ2v) is 6.61. The van der Waals surface area contributed by atoms with E-state index in [2.05, 4.69) is 28.9 Å². The van der Waals surface area contributed by atoms with Crippen LogP contribution >= 0.6 is 11.3 Å². The van der Waals surface area contributed by atoms with Crippen LogP contribution in [0, 0.1) is 12.8 Å². The zero-order chi connectivity index (χ0) is 13.9. The largest absolute Gasteiger partial charge is 0.341 e. The zero-order valence-electron chi connectivity index (χ0n) is 11.7. The molecule has 0 saturated carbocycles. The van der Waals surface area contributed by atoms with Gasteiger partial charge in [-0.05, 0) is 50.4 Å². The van der Waals surface area contributed by atoms with Gasteiger partial charge in [0.15, 0.2) is 0 Å². The topological polar surface area (TPSA) is 55.0 Å². The Hall–Kier alpha value is -1.46. The van der Waals surface area contributed by atoms with Crippen molar-refractivity contribution in [3.8, 4) is 10.6 Å². The van der Waals surface area contributed by atoms with Crippen molar-refractivity contribution in [1.82, 2.24) is 9.97 Å². The minimum atomic E-state index is 0.661. The van der Waals surface area contributed by atoms with Crippen molar-refractivity contribution < 1.29 is 0 Å². The van der Waals surface area contributed by atoms with Crippen LogP contribution in [-0.4, -0.2) is 29.6 Å². The minimum absolute atomic E-state index is 0.661. The summed E-state index contributed by atoms with van der Waals surface area (Å²) < 4.78 is 0. The lowest BCUT2D eigenvalue weighted by atomic mass is 9.97. The van der Waals surface area contributed by atoms with Crippen molar-refractivity contribution in [2.24, 2.45) is 11.7 Å². The van der Waals surface area contributed by atoms with Crippen LogP contribution in [0.3, 0.4) is 0 Å². The minimum Gasteiger partial charge on any atom is -0.341 e. The fourth-order valence-electron chi connectivity index (χ4n) is 2.58. The fraction of sp³-hybridized carbons (Fsp3) is 0.467. The van der Waals surface area contributed by atoms with Crippen molar-refractivity contribution in [3.05, 3.63) is 29.3 Å². The molecule has 0 unspecified atom stereocenters. The molecular formula is C15H20N4S. The van der Waals surface area contributed by atoms with E-state index in [0.29, 0.717) is 5.92 Å². The van der Waals surface area contributed by atoms with Crippen LogP contribution in [0.15, 0.2) is 24.4 Å². The maximum absolute atomic E-state index is 5.74. The number of anilines is 1.